The fourth-order valence-corrected chi connectivity index (χ4v) is 2.05. The van der Waals surface area contributed by atoms with Gasteiger partial charge >= 0.3 is 6.36 Å². The Bertz CT molecular complexity index is 578. The molecule has 2 rings (SSSR count). The van der Waals surface area contributed by atoms with E-state index >= 15 is 0 Å². The molecule has 0 spiro atoms. The van der Waals surface area contributed by atoms with Crippen LogP contribution >= 0.6 is 11.6 Å². The van der Waals surface area contributed by atoms with Crippen LogP contribution in [0.25, 0.3) is 0 Å². The van der Waals surface area contributed by atoms with Gasteiger partial charge in [0.1, 0.15) is 5.75 Å². The van der Waals surface area contributed by atoms with E-state index in [1.165, 1.54) is 12.1 Å². The van der Waals surface area contributed by atoms with Crippen molar-refractivity contribution in [2.75, 3.05) is 0 Å². The minimum atomic E-state index is -4.68. The maximum absolute atomic E-state index is 12.2. The van der Waals surface area contributed by atoms with E-state index in [4.69, 9.17) is 11.6 Å². The van der Waals surface area contributed by atoms with Gasteiger partial charge in [0.25, 0.3) is 0 Å². The number of rotatable bonds is 3. The first-order valence-corrected chi connectivity index (χ1v) is 6.34. The summed E-state index contributed by atoms with van der Waals surface area (Å²) in [5, 5.41) is 0.620. The van der Waals surface area contributed by atoms with E-state index in [9.17, 15) is 13.2 Å². The molecule has 0 fully saturated rings. The number of benzene rings is 2. The van der Waals surface area contributed by atoms with Crippen molar-refractivity contribution < 1.29 is 17.9 Å². The summed E-state index contributed by atoms with van der Waals surface area (Å²) in [7, 11) is 0. The Kier molecular flexibility index (Phi) is 4.23. The molecule has 2 aromatic rings. The summed E-state index contributed by atoms with van der Waals surface area (Å²) in [6.45, 7) is 1.91. The van der Waals surface area contributed by atoms with E-state index in [1.807, 2.05) is 19.1 Å². The third kappa shape index (κ3) is 3.90. The number of hydrogen-bond acceptors (Lipinski definition) is 1. The number of ether oxygens (including phenoxy) is 1. The molecule has 20 heavy (non-hydrogen) atoms. The molecule has 0 aliphatic rings. The van der Waals surface area contributed by atoms with Gasteiger partial charge in [-0.1, -0.05) is 42.8 Å². The quantitative estimate of drug-likeness (QED) is 0.738. The topological polar surface area (TPSA) is 9.23 Å². The molecule has 0 aliphatic carbocycles. The summed E-state index contributed by atoms with van der Waals surface area (Å²) in [6.07, 6.45) is -4.68. The minimum absolute atomic E-state index is 0.0518. The molecular weight excluding hydrogens is 289 g/mol. The SMILES string of the molecule is CC(c1ccc(Cl)cc1)c1cccc(OC(F)(F)F)c1. The van der Waals surface area contributed by atoms with Gasteiger partial charge in [0.15, 0.2) is 0 Å². The van der Waals surface area contributed by atoms with Gasteiger partial charge in [0.05, 0.1) is 0 Å². The monoisotopic (exact) mass is 300 g/mol. The Morgan fingerprint density at radius 2 is 1.65 bits per heavy atom. The maximum Gasteiger partial charge on any atom is 0.573 e. The second-order valence-corrected chi connectivity index (χ2v) is 4.83. The average molecular weight is 301 g/mol. The van der Waals surface area contributed by atoms with Crippen LogP contribution in [-0.2, 0) is 0 Å². The highest BCUT2D eigenvalue weighted by molar-refractivity contribution is 6.30. The van der Waals surface area contributed by atoms with Gasteiger partial charge in [0, 0.05) is 10.9 Å². The maximum atomic E-state index is 12.2. The van der Waals surface area contributed by atoms with Gasteiger partial charge in [0.2, 0.25) is 0 Å². The van der Waals surface area contributed by atoms with Crippen LogP contribution in [0.5, 0.6) is 5.75 Å². The standard InChI is InChI=1S/C15H12ClF3O/c1-10(11-5-7-13(16)8-6-11)12-3-2-4-14(9-12)20-15(17,18)19/h2-10H,1H3. The molecule has 106 valence electrons. The van der Waals surface area contributed by atoms with Gasteiger partial charge in [-0.25, -0.2) is 0 Å². The molecule has 0 amide bonds. The Hall–Kier alpha value is -1.68. The van der Waals surface area contributed by atoms with Crippen LogP contribution in [0, 0.1) is 0 Å². The second-order valence-electron chi connectivity index (χ2n) is 4.39. The summed E-state index contributed by atoms with van der Waals surface area (Å²) < 4.78 is 40.5. The van der Waals surface area contributed by atoms with Crippen molar-refractivity contribution in [3.8, 4) is 5.75 Å². The van der Waals surface area contributed by atoms with Crippen LogP contribution in [0.2, 0.25) is 5.02 Å². The zero-order chi connectivity index (χ0) is 14.8. The summed E-state index contributed by atoms with van der Waals surface area (Å²) in [6, 6.07) is 13.2. The lowest BCUT2D eigenvalue weighted by Gasteiger charge is -2.15. The van der Waals surface area contributed by atoms with E-state index in [2.05, 4.69) is 4.74 Å². The molecular formula is C15H12ClF3O. The van der Waals surface area contributed by atoms with Gasteiger partial charge in [-0.05, 0) is 35.4 Å². The molecule has 0 bridgehead atoms. The van der Waals surface area contributed by atoms with Crippen molar-refractivity contribution in [3.05, 3.63) is 64.7 Å². The molecule has 0 saturated carbocycles. The van der Waals surface area contributed by atoms with Crippen LogP contribution in [0.1, 0.15) is 24.0 Å². The Labute approximate surface area is 119 Å². The molecule has 1 atom stereocenters. The molecule has 0 heterocycles. The summed E-state index contributed by atoms with van der Waals surface area (Å²) in [4.78, 5) is 0. The van der Waals surface area contributed by atoms with Crippen LogP contribution in [0.4, 0.5) is 13.2 Å². The van der Waals surface area contributed by atoms with E-state index in [0.29, 0.717) is 5.02 Å². The summed E-state index contributed by atoms with van der Waals surface area (Å²) >= 11 is 5.82. The Balaban J connectivity index is 2.24. The first-order chi connectivity index (χ1) is 9.35. The van der Waals surface area contributed by atoms with Crippen molar-refractivity contribution >= 4 is 11.6 Å². The number of hydrogen-bond donors (Lipinski definition) is 0. The largest absolute Gasteiger partial charge is 0.573 e. The highest BCUT2D eigenvalue weighted by atomic mass is 35.5. The van der Waals surface area contributed by atoms with Crippen LogP contribution in [0.15, 0.2) is 48.5 Å². The van der Waals surface area contributed by atoms with Gasteiger partial charge in [-0.15, -0.1) is 13.2 Å². The molecule has 5 heteroatoms. The Morgan fingerprint density at radius 3 is 2.25 bits per heavy atom. The van der Waals surface area contributed by atoms with Crippen molar-refractivity contribution in [1.29, 1.82) is 0 Å². The molecule has 1 nitrogen and oxygen atoms in total. The fourth-order valence-electron chi connectivity index (χ4n) is 1.92. The van der Waals surface area contributed by atoms with Crippen LogP contribution in [0.3, 0.4) is 0 Å². The van der Waals surface area contributed by atoms with E-state index < -0.39 is 6.36 Å². The first kappa shape index (κ1) is 14.7. The van der Waals surface area contributed by atoms with Gasteiger partial charge in [-0.2, -0.15) is 0 Å². The van der Waals surface area contributed by atoms with Gasteiger partial charge < -0.3 is 4.74 Å². The molecule has 0 aliphatic heterocycles. The lowest BCUT2D eigenvalue weighted by Crippen LogP contribution is -2.17. The van der Waals surface area contributed by atoms with Gasteiger partial charge in [-0.3, -0.25) is 0 Å². The van der Waals surface area contributed by atoms with Crippen molar-refractivity contribution in [1.82, 2.24) is 0 Å². The van der Waals surface area contributed by atoms with Crippen LogP contribution < -0.4 is 4.74 Å². The fraction of sp³-hybridized carbons (Fsp3) is 0.200. The van der Waals surface area contributed by atoms with Crippen molar-refractivity contribution in [2.45, 2.75) is 19.2 Å². The lowest BCUT2D eigenvalue weighted by molar-refractivity contribution is -0.274. The van der Waals surface area contributed by atoms with Crippen LogP contribution in [-0.4, -0.2) is 6.36 Å². The molecule has 0 aromatic heterocycles. The molecule has 0 saturated heterocycles. The zero-order valence-corrected chi connectivity index (χ0v) is 11.4. The third-order valence-electron chi connectivity index (χ3n) is 2.96. The number of alkyl halides is 3. The van der Waals surface area contributed by atoms with Crippen molar-refractivity contribution in [2.24, 2.45) is 0 Å². The molecule has 2 aromatic carbocycles. The predicted molar refractivity (Wildman–Crippen MR) is 72.1 cm³/mol. The third-order valence-corrected chi connectivity index (χ3v) is 3.21. The smallest absolute Gasteiger partial charge is 0.406 e. The lowest BCUT2D eigenvalue weighted by atomic mass is 9.93. The number of halogens is 4. The molecule has 0 radical (unpaired) electrons. The van der Waals surface area contributed by atoms with E-state index in [0.717, 1.165) is 11.1 Å². The average Bonchev–Trinajstić information content (AvgIpc) is 2.37. The summed E-state index contributed by atoms with van der Waals surface area (Å²) in [5.74, 6) is -0.264. The zero-order valence-electron chi connectivity index (χ0n) is 10.6. The molecule has 1 unspecified atom stereocenters. The molecule has 0 N–H and O–H groups in total. The second kappa shape index (κ2) is 5.75. The van der Waals surface area contributed by atoms with E-state index in [-0.39, 0.29) is 11.7 Å². The van der Waals surface area contributed by atoms with E-state index in [1.54, 1.807) is 24.3 Å². The highest BCUT2D eigenvalue weighted by Crippen LogP contribution is 2.29. The first-order valence-electron chi connectivity index (χ1n) is 5.96. The highest BCUT2D eigenvalue weighted by Gasteiger charge is 2.31. The normalized spacial score (nSPS) is 13.1. The Morgan fingerprint density at radius 1 is 1.00 bits per heavy atom. The minimum Gasteiger partial charge on any atom is -0.406 e. The van der Waals surface area contributed by atoms with Crippen molar-refractivity contribution in [3.63, 3.8) is 0 Å². The predicted octanol–water partition coefficient (Wildman–Crippen LogP) is 5.39. The summed E-state index contributed by atoms with van der Waals surface area (Å²) in [5.41, 5.74) is 1.72.